The van der Waals surface area contributed by atoms with Crippen molar-refractivity contribution in [2.45, 2.75) is 19.4 Å². The number of nitrogens with one attached hydrogen (secondary N) is 1. The van der Waals surface area contributed by atoms with Gasteiger partial charge in [0.05, 0.1) is 11.8 Å². The fraction of sp³-hybridized carbons (Fsp3) is 0.222. The largest absolute Gasteiger partial charge is 0.399 e. The molecule has 0 saturated heterocycles. The first-order valence-corrected chi connectivity index (χ1v) is 7.66. The Balaban J connectivity index is 2.16. The average Bonchev–Trinajstić information content (AvgIpc) is 2.52. The van der Waals surface area contributed by atoms with Crippen LogP contribution in [0.2, 0.25) is 5.02 Å². The van der Waals surface area contributed by atoms with E-state index in [0.717, 1.165) is 5.56 Å². The summed E-state index contributed by atoms with van der Waals surface area (Å²) in [6.07, 6.45) is 1.55. The van der Waals surface area contributed by atoms with Gasteiger partial charge < -0.3 is 10.2 Å². The molecule has 0 radical (unpaired) electrons. The van der Waals surface area contributed by atoms with Gasteiger partial charge in [0.15, 0.2) is 0 Å². The summed E-state index contributed by atoms with van der Waals surface area (Å²) in [7, 11) is 1.46. The molecule has 0 atom stereocenters. The number of hydrogen-bond acceptors (Lipinski definition) is 3. The molecule has 0 spiro atoms. The van der Waals surface area contributed by atoms with Crippen LogP contribution in [-0.2, 0) is 10.4 Å². The normalized spacial score (nSPS) is 11.5. The lowest BCUT2D eigenvalue weighted by Crippen LogP contribution is -2.41. The Morgan fingerprint density at radius 2 is 1.92 bits per heavy atom. The van der Waals surface area contributed by atoms with Gasteiger partial charge in [-0.25, -0.2) is 4.39 Å². The van der Waals surface area contributed by atoms with Gasteiger partial charge in [0.2, 0.25) is 0 Å². The Morgan fingerprint density at radius 1 is 1.25 bits per heavy atom. The molecule has 2 rings (SSSR count). The Morgan fingerprint density at radius 3 is 2.50 bits per heavy atom. The van der Waals surface area contributed by atoms with Crippen LogP contribution in [0.4, 0.5) is 4.39 Å². The quantitative estimate of drug-likeness (QED) is 0.652. The zero-order valence-electron chi connectivity index (χ0n) is 13.6. The molecule has 0 unspecified atom stereocenters. The first kappa shape index (κ1) is 17.9. The number of rotatable bonds is 5. The molecule has 2 aromatic carbocycles. The number of benzene rings is 2. The van der Waals surface area contributed by atoms with Crippen LogP contribution in [0.1, 0.15) is 35.3 Å². The first-order valence-electron chi connectivity index (χ1n) is 7.28. The highest BCUT2D eigenvalue weighted by molar-refractivity contribution is 6.31. The molecule has 0 aliphatic rings. The molecular weight excluding hydrogens is 331 g/mol. The van der Waals surface area contributed by atoms with Crippen LogP contribution >= 0.6 is 11.6 Å². The predicted octanol–water partition coefficient (Wildman–Crippen LogP) is 4.12. The maximum atomic E-state index is 13.2. The van der Waals surface area contributed by atoms with Gasteiger partial charge in [-0.05, 0) is 49.2 Å². The van der Waals surface area contributed by atoms with E-state index in [9.17, 15) is 9.18 Å². The van der Waals surface area contributed by atoms with Crippen LogP contribution < -0.4 is 5.32 Å². The Bertz CT molecular complexity index is 758. The third kappa shape index (κ3) is 4.32. The second-order valence-electron chi connectivity index (χ2n) is 5.74. The Hall–Kier alpha value is -2.40. The summed E-state index contributed by atoms with van der Waals surface area (Å²) in [4.78, 5) is 17.1. The molecule has 0 fully saturated rings. The molecule has 4 nitrogen and oxygen atoms in total. The average molecular weight is 349 g/mol. The third-order valence-electron chi connectivity index (χ3n) is 3.51. The molecule has 0 heterocycles. The van der Waals surface area contributed by atoms with Crippen molar-refractivity contribution >= 4 is 23.7 Å². The van der Waals surface area contributed by atoms with E-state index >= 15 is 0 Å². The molecule has 0 aromatic heterocycles. The molecule has 0 aliphatic heterocycles. The van der Waals surface area contributed by atoms with Gasteiger partial charge in [-0.1, -0.05) is 35.0 Å². The lowest BCUT2D eigenvalue weighted by Gasteiger charge is -2.28. The summed E-state index contributed by atoms with van der Waals surface area (Å²) in [5.74, 6) is -0.671. The van der Waals surface area contributed by atoms with Gasteiger partial charge in [0.25, 0.3) is 5.91 Å². The predicted molar refractivity (Wildman–Crippen MR) is 92.9 cm³/mol. The van der Waals surface area contributed by atoms with Crippen molar-refractivity contribution in [2.24, 2.45) is 5.16 Å². The number of hydrogen-bond donors (Lipinski definition) is 1. The molecule has 1 N–H and O–H groups in total. The first-order chi connectivity index (χ1) is 11.3. The van der Waals surface area contributed by atoms with E-state index in [0.29, 0.717) is 11.1 Å². The summed E-state index contributed by atoms with van der Waals surface area (Å²) >= 11 is 6.10. The maximum absolute atomic E-state index is 13.2. The van der Waals surface area contributed by atoms with E-state index in [1.54, 1.807) is 36.5 Å². The van der Waals surface area contributed by atoms with Crippen molar-refractivity contribution in [3.63, 3.8) is 0 Å². The number of carbonyl (C=O) groups excluding carboxylic acids is 1. The van der Waals surface area contributed by atoms with Gasteiger partial charge >= 0.3 is 0 Å². The van der Waals surface area contributed by atoms with Crippen molar-refractivity contribution in [1.29, 1.82) is 0 Å². The molecule has 0 bridgehead atoms. The van der Waals surface area contributed by atoms with Crippen LogP contribution in [-0.4, -0.2) is 19.2 Å². The summed E-state index contributed by atoms with van der Waals surface area (Å²) in [6, 6.07) is 11.0. The molecule has 6 heteroatoms. The molecule has 24 heavy (non-hydrogen) atoms. The highest BCUT2D eigenvalue weighted by Gasteiger charge is 2.26. The Kier molecular flexibility index (Phi) is 5.57. The second-order valence-corrected chi connectivity index (χ2v) is 6.15. The summed E-state index contributed by atoms with van der Waals surface area (Å²) in [5.41, 5.74) is 1.20. The van der Waals surface area contributed by atoms with E-state index < -0.39 is 11.4 Å². The van der Waals surface area contributed by atoms with Gasteiger partial charge in [-0.3, -0.25) is 4.79 Å². The third-order valence-corrected chi connectivity index (χ3v) is 3.82. The monoisotopic (exact) mass is 348 g/mol. The number of amides is 1. The van der Waals surface area contributed by atoms with E-state index in [4.69, 9.17) is 11.6 Å². The number of halogens is 2. The van der Waals surface area contributed by atoms with Crippen molar-refractivity contribution in [2.75, 3.05) is 7.11 Å². The minimum absolute atomic E-state index is 0.254. The van der Waals surface area contributed by atoms with Crippen LogP contribution in [0.25, 0.3) is 0 Å². The van der Waals surface area contributed by atoms with E-state index in [-0.39, 0.29) is 10.9 Å². The molecule has 2 aromatic rings. The maximum Gasteiger partial charge on any atom is 0.251 e. The van der Waals surface area contributed by atoms with Crippen molar-refractivity contribution in [1.82, 2.24) is 5.32 Å². The topological polar surface area (TPSA) is 50.7 Å². The fourth-order valence-corrected chi connectivity index (χ4v) is 2.66. The van der Waals surface area contributed by atoms with Gasteiger partial charge in [0.1, 0.15) is 12.9 Å². The number of nitrogens with zero attached hydrogens (tertiary/aromatic N) is 1. The van der Waals surface area contributed by atoms with Gasteiger partial charge in [-0.15, -0.1) is 0 Å². The van der Waals surface area contributed by atoms with E-state index in [1.165, 1.54) is 19.2 Å². The van der Waals surface area contributed by atoms with Crippen LogP contribution in [0.15, 0.2) is 47.6 Å². The van der Waals surface area contributed by atoms with Crippen LogP contribution in [0.5, 0.6) is 0 Å². The summed E-state index contributed by atoms with van der Waals surface area (Å²) in [6.45, 7) is 3.62. The van der Waals surface area contributed by atoms with Gasteiger partial charge in [-0.2, -0.15) is 0 Å². The number of oxime groups is 1. The zero-order chi connectivity index (χ0) is 17.7. The standard InChI is InChI=1S/C18H18ClFN2O2/c1-18(2,15-9-8-14(20)10-16(15)19)22-17(23)13-6-4-12(5-7-13)11-21-24-3/h4-11H,1-3H3,(H,22,23)/b21-11+. The zero-order valence-corrected chi connectivity index (χ0v) is 14.4. The van der Waals surface area contributed by atoms with E-state index in [2.05, 4.69) is 15.3 Å². The molecular formula is C18H18ClFN2O2. The fourth-order valence-electron chi connectivity index (χ4n) is 2.25. The van der Waals surface area contributed by atoms with E-state index in [1.807, 2.05) is 13.8 Å². The highest BCUT2D eigenvalue weighted by atomic mass is 35.5. The molecule has 1 amide bonds. The smallest absolute Gasteiger partial charge is 0.251 e. The summed E-state index contributed by atoms with van der Waals surface area (Å²) < 4.78 is 13.2. The van der Waals surface area contributed by atoms with Crippen molar-refractivity contribution < 1.29 is 14.0 Å². The van der Waals surface area contributed by atoms with Crippen LogP contribution in [0.3, 0.4) is 0 Å². The lowest BCUT2D eigenvalue weighted by molar-refractivity contribution is 0.0912. The van der Waals surface area contributed by atoms with Gasteiger partial charge in [0, 0.05) is 10.6 Å². The highest BCUT2D eigenvalue weighted by Crippen LogP contribution is 2.28. The Labute approximate surface area is 145 Å². The molecule has 126 valence electrons. The van der Waals surface area contributed by atoms with Crippen LogP contribution in [0, 0.1) is 5.82 Å². The SMILES string of the molecule is CO/N=C/c1ccc(C(=O)NC(C)(C)c2ccc(F)cc2Cl)cc1. The molecule has 0 aliphatic carbocycles. The molecule has 0 saturated carbocycles. The lowest BCUT2D eigenvalue weighted by atomic mass is 9.93. The van der Waals surface area contributed by atoms with Crippen molar-refractivity contribution in [3.8, 4) is 0 Å². The summed E-state index contributed by atoms with van der Waals surface area (Å²) in [5, 5.41) is 6.84. The van der Waals surface area contributed by atoms with Crippen molar-refractivity contribution in [3.05, 3.63) is 70.0 Å². The number of carbonyl (C=O) groups is 1. The minimum atomic E-state index is -0.752. The minimum Gasteiger partial charge on any atom is -0.399 e. The second kappa shape index (κ2) is 7.45.